The summed E-state index contributed by atoms with van der Waals surface area (Å²) in [6.07, 6.45) is 0.738. The Labute approximate surface area is 122 Å². The molecule has 0 aliphatic rings. The molecule has 2 rings (SSSR count). The maximum Gasteiger partial charge on any atom is 0.334 e. The lowest BCUT2D eigenvalue weighted by molar-refractivity contribution is 0.773. The van der Waals surface area contributed by atoms with Crippen LogP contribution in [0.5, 0.6) is 0 Å². The summed E-state index contributed by atoms with van der Waals surface area (Å²) in [6, 6.07) is 7.38. The van der Waals surface area contributed by atoms with Gasteiger partial charge in [-0.1, -0.05) is 50.6 Å². The third-order valence-electron chi connectivity index (χ3n) is 3.28. The van der Waals surface area contributed by atoms with Gasteiger partial charge >= 0.3 is 5.69 Å². The molecule has 0 saturated heterocycles. The Hall–Kier alpha value is -1.81. The predicted octanol–water partition coefficient (Wildman–Crippen LogP) is 2.87. The second kappa shape index (κ2) is 5.67. The van der Waals surface area contributed by atoms with Gasteiger partial charge in [0, 0.05) is 0 Å². The zero-order valence-electron chi connectivity index (χ0n) is 11.7. The van der Waals surface area contributed by atoms with Crippen molar-refractivity contribution in [2.75, 3.05) is 0 Å². The highest BCUT2D eigenvalue weighted by Crippen LogP contribution is 2.18. The summed E-state index contributed by atoms with van der Waals surface area (Å²) in [5, 5.41) is 0.125. The summed E-state index contributed by atoms with van der Waals surface area (Å²) in [7, 11) is 0. The van der Waals surface area contributed by atoms with E-state index in [4.69, 9.17) is 11.6 Å². The smallest absolute Gasteiger partial charge is 0.297 e. The standard InChI is InChI=1S/C15H17ClN2O2/c1-4-10-7-5-6-8-11(10)18-14(19)12(9(2)3)13(16)17-15(18)20/h5-9H,4H2,1-3H3,(H,17,20). The lowest BCUT2D eigenvalue weighted by Gasteiger charge is -2.13. The normalized spacial score (nSPS) is 11.1. The minimum absolute atomic E-state index is 0.0631. The fourth-order valence-electron chi connectivity index (χ4n) is 2.27. The molecule has 0 fully saturated rings. The molecular weight excluding hydrogens is 276 g/mol. The maximum absolute atomic E-state index is 12.6. The molecule has 20 heavy (non-hydrogen) atoms. The van der Waals surface area contributed by atoms with Crippen LogP contribution in [0, 0.1) is 0 Å². The molecule has 0 aliphatic carbocycles. The van der Waals surface area contributed by atoms with Gasteiger partial charge in [-0.15, -0.1) is 0 Å². The predicted molar refractivity (Wildman–Crippen MR) is 81.1 cm³/mol. The largest absolute Gasteiger partial charge is 0.334 e. The van der Waals surface area contributed by atoms with Crippen LogP contribution < -0.4 is 11.2 Å². The van der Waals surface area contributed by atoms with Crippen molar-refractivity contribution < 1.29 is 0 Å². The van der Waals surface area contributed by atoms with Crippen LogP contribution >= 0.6 is 11.6 Å². The summed E-state index contributed by atoms with van der Waals surface area (Å²) < 4.78 is 1.17. The first kappa shape index (κ1) is 14.6. The summed E-state index contributed by atoms with van der Waals surface area (Å²) in [5.74, 6) is -0.0631. The average Bonchev–Trinajstić information content (AvgIpc) is 2.38. The quantitative estimate of drug-likeness (QED) is 0.885. The topological polar surface area (TPSA) is 54.9 Å². The molecule has 0 unspecified atom stereocenters. The van der Waals surface area contributed by atoms with E-state index in [1.54, 1.807) is 6.07 Å². The van der Waals surface area contributed by atoms with E-state index in [2.05, 4.69) is 4.98 Å². The molecular formula is C15H17ClN2O2. The van der Waals surface area contributed by atoms with Gasteiger partial charge < -0.3 is 0 Å². The third kappa shape index (κ3) is 2.43. The lowest BCUT2D eigenvalue weighted by atomic mass is 10.1. The van der Waals surface area contributed by atoms with Gasteiger partial charge in [0.05, 0.1) is 11.3 Å². The molecule has 0 atom stereocenters. The summed E-state index contributed by atoms with van der Waals surface area (Å²) in [5.41, 5.74) is 1.12. The van der Waals surface area contributed by atoms with Crippen molar-refractivity contribution in [1.29, 1.82) is 0 Å². The summed E-state index contributed by atoms with van der Waals surface area (Å²) in [4.78, 5) is 27.3. The summed E-state index contributed by atoms with van der Waals surface area (Å²) >= 11 is 5.99. The van der Waals surface area contributed by atoms with E-state index in [0.717, 1.165) is 12.0 Å². The number of nitrogens with zero attached hydrogens (tertiary/aromatic N) is 1. The second-order valence-corrected chi connectivity index (χ2v) is 5.31. The number of halogens is 1. The van der Waals surface area contributed by atoms with E-state index in [1.807, 2.05) is 39.0 Å². The average molecular weight is 293 g/mol. The van der Waals surface area contributed by atoms with Gasteiger partial charge in [0.2, 0.25) is 0 Å². The monoisotopic (exact) mass is 292 g/mol. The van der Waals surface area contributed by atoms with Crippen LogP contribution in [-0.2, 0) is 6.42 Å². The zero-order valence-corrected chi connectivity index (χ0v) is 12.5. The highest BCUT2D eigenvalue weighted by molar-refractivity contribution is 6.30. The van der Waals surface area contributed by atoms with Gasteiger partial charge in [-0.05, 0) is 24.0 Å². The second-order valence-electron chi connectivity index (χ2n) is 4.94. The van der Waals surface area contributed by atoms with E-state index in [0.29, 0.717) is 11.3 Å². The molecule has 0 amide bonds. The first-order chi connectivity index (χ1) is 9.47. The number of rotatable bonds is 3. The fraction of sp³-hybridized carbons (Fsp3) is 0.333. The van der Waals surface area contributed by atoms with Crippen molar-refractivity contribution in [2.24, 2.45) is 0 Å². The van der Waals surface area contributed by atoms with Crippen LogP contribution in [0.4, 0.5) is 0 Å². The van der Waals surface area contributed by atoms with Crippen LogP contribution in [0.2, 0.25) is 5.15 Å². The van der Waals surface area contributed by atoms with Crippen molar-refractivity contribution in [3.05, 3.63) is 61.4 Å². The van der Waals surface area contributed by atoms with Gasteiger partial charge in [0.25, 0.3) is 5.56 Å². The molecule has 2 aromatic rings. The first-order valence-electron chi connectivity index (χ1n) is 6.60. The molecule has 1 N–H and O–H groups in total. The van der Waals surface area contributed by atoms with Gasteiger partial charge in [-0.2, -0.15) is 0 Å². The molecule has 1 aromatic carbocycles. The van der Waals surface area contributed by atoms with Crippen LogP contribution in [-0.4, -0.2) is 9.55 Å². The van der Waals surface area contributed by atoms with Crippen molar-refractivity contribution in [3.8, 4) is 5.69 Å². The molecule has 0 bridgehead atoms. The maximum atomic E-state index is 12.6. The molecule has 0 radical (unpaired) electrons. The highest BCUT2D eigenvalue weighted by atomic mass is 35.5. The fourth-order valence-corrected chi connectivity index (χ4v) is 2.65. The zero-order chi connectivity index (χ0) is 14.9. The number of nitrogens with one attached hydrogen (secondary N) is 1. The van der Waals surface area contributed by atoms with Crippen molar-refractivity contribution >= 4 is 11.6 Å². The number of aromatic nitrogens is 2. The highest BCUT2D eigenvalue weighted by Gasteiger charge is 2.17. The molecule has 1 aromatic heterocycles. The third-order valence-corrected chi connectivity index (χ3v) is 3.58. The Balaban J connectivity index is 2.85. The number of aryl methyl sites for hydroxylation is 1. The Morgan fingerprint density at radius 1 is 1.25 bits per heavy atom. The lowest BCUT2D eigenvalue weighted by Crippen LogP contribution is -2.37. The van der Waals surface area contributed by atoms with Gasteiger partial charge in [0.15, 0.2) is 0 Å². The Kier molecular flexibility index (Phi) is 4.14. The number of aromatic amines is 1. The Morgan fingerprint density at radius 3 is 2.50 bits per heavy atom. The number of H-pyrrole nitrogens is 1. The van der Waals surface area contributed by atoms with Crippen molar-refractivity contribution in [1.82, 2.24) is 9.55 Å². The van der Waals surface area contributed by atoms with Crippen molar-refractivity contribution in [3.63, 3.8) is 0 Å². The molecule has 4 nitrogen and oxygen atoms in total. The van der Waals surface area contributed by atoms with E-state index in [-0.39, 0.29) is 16.6 Å². The first-order valence-corrected chi connectivity index (χ1v) is 6.98. The van der Waals surface area contributed by atoms with Crippen LogP contribution in [0.15, 0.2) is 33.9 Å². The Morgan fingerprint density at radius 2 is 1.90 bits per heavy atom. The van der Waals surface area contributed by atoms with E-state index in [9.17, 15) is 9.59 Å². The van der Waals surface area contributed by atoms with Gasteiger partial charge in [0.1, 0.15) is 5.15 Å². The summed E-state index contributed by atoms with van der Waals surface area (Å²) in [6.45, 7) is 5.73. The van der Waals surface area contributed by atoms with Gasteiger partial charge in [-0.25, -0.2) is 9.36 Å². The minimum Gasteiger partial charge on any atom is -0.297 e. The number of para-hydroxylation sites is 1. The number of hydrogen-bond donors (Lipinski definition) is 1. The molecule has 0 saturated carbocycles. The van der Waals surface area contributed by atoms with Crippen LogP contribution in [0.1, 0.15) is 37.8 Å². The van der Waals surface area contributed by atoms with Crippen LogP contribution in [0.25, 0.3) is 5.69 Å². The van der Waals surface area contributed by atoms with E-state index < -0.39 is 5.69 Å². The number of benzene rings is 1. The van der Waals surface area contributed by atoms with E-state index >= 15 is 0 Å². The molecule has 1 heterocycles. The van der Waals surface area contributed by atoms with Crippen LogP contribution in [0.3, 0.4) is 0 Å². The minimum atomic E-state index is -0.509. The van der Waals surface area contributed by atoms with Crippen molar-refractivity contribution in [2.45, 2.75) is 33.1 Å². The molecule has 0 aliphatic heterocycles. The van der Waals surface area contributed by atoms with E-state index in [1.165, 1.54) is 4.57 Å². The SMILES string of the molecule is CCc1ccccc1-n1c(=O)[nH]c(Cl)c(C(C)C)c1=O. The molecule has 106 valence electrons. The Bertz CT molecular complexity index is 744. The number of hydrogen-bond acceptors (Lipinski definition) is 2. The molecule has 0 spiro atoms. The molecule has 5 heteroatoms. The van der Waals surface area contributed by atoms with Gasteiger partial charge in [-0.3, -0.25) is 9.78 Å².